The normalized spacial score (nSPS) is 12.2. The fourth-order valence-electron chi connectivity index (χ4n) is 3.03. The van der Waals surface area contributed by atoms with Crippen molar-refractivity contribution >= 4 is 39.6 Å². The van der Waals surface area contributed by atoms with Crippen molar-refractivity contribution in [1.82, 2.24) is 9.97 Å². The van der Waals surface area contributed by atoms with Crippen LogP contribution in [0.1, 0.15) is 23.0 Å². The third-order valence-electron chi connectivity index (χ3n) is 4.54. The molecule has 2 heterocycles. The van der Waals surface area contributed by atoms with Gasteiger partial charge in [-0.1, -0.05) is 12.1 Å². The smallest absolute Gasteiger partial charge is 0.375 e. The highest BCUT2D eigenvalue weighted by Gasteiger charge is 2.25. The number of aromatic nitrogens is 2. The maximum absolute atomic E-state index is 13.9. The number of anilines is 1. The minimum Gasteiger partial charge on any atom is -0.447 e. The van der Waals surface area contributed by atoms with Crippen molar-refractivity contribution in [1.29, 1.82) is 0 Å². The number of carbonyl (C=O) groups excluding carboxylic acids is 2. The zero-order valence-corrected chi connectivity index (χ0v) is 15.5. The standard InChI is InChI=1S/C20H16FN3O5/c1-9-12-4-3-5-13(21)17(12)29-16(9)19(26)28-10(2)18(25)22-11-6-7-14-15(8-11)24-20(27)23-14/h3-8,10H,1-2H3,(H,22,25)(H2,23,24,27)/t10-/m0/s1. The van der Waals surface area contributed by atoms with E-state index in [1.54, 1.807) is 31.2 Å². The number of aryl methyl sites for hydroxylation is 1. The summed E-state index contributed by atoms with van der Waals surface area (Å²) in [6.07, 6.45) is -1.14. The number of nitrogens with one attached hydrogen (secondary N) is 3. The van der Waals surface area contributed by atoms with E-state index in [-0.39, 0.29) is 17.0 Å². The van der Waals surface area contributed by atoms with Crippen LogP contribution in [-0.2, 0) is 9.53 Å². The predicted molar refractivity (Wildman–Crippen MR) is 103 cm³/mol. The number of para-hydroxylation sites is 1. The van der Waals surface area contributed by atoms with E-state index in [1.807, 2.05) is 0 Å². The van der Waals surface area contributed by atoms with Crippen LogP contribution in [0.2, 0.25) is 0 Å². The van der Waals surface area contributed by atoms with Crippen LogP contribution in [-0.4, -0.2) is 27.9 Å². The number of imidazole rings is 1. The summed E-state index contributed by atoms with van der Waals surface area (Å²) >= 11 is 0. The van der Waals surface area contributed by atoms with Gasteiger partial charge in [-0.15, -0.1) is 0 Å². The lowest BCUT2D eigenvalue weighted by atomic mass is 10.1. The summed E-state index contributed by atoms with van der Waals surface area (Å²) in [5, 5.41) is 3.07. The Kier molecular flexibility index (Phi) is 4.42. The second-order valence-corrected chi connectivity index (χ2v) is 6.55. The quantitative estimate of drug-likeness (QED) is 0.457. The van der Waals surface area contributed by atoms with E-state index >= 15 is 0 Å². The average Bonchev–Trinajstić information content (AvgIpc) is 3.21. The lowest BCUT2D eigenvalue weighted by molar-refractivity contribution is -0.123. The second kappa shape index (κ2) is 6.93. The van der Waals surface area contributed by atoms with Crippen LogP contribution < -0.4 is 11.0 Å². The van der Waals surface area contributed by atoms with Crippen LogP contribution in [0.5, 0.6) is 0 Å². The average molecular weight is 397 g/mol. The molecule has 0 saturated carbocycles. The van der Waals surface area contributed by atoms with Crippen molar-refractivity contribution in [3.8, 4) is 0 Å². The Labute approximate surface area is 162 Å². The summed E-state index contributed by atoms with van der Waals surface area (Å²) in [5.74, 6) is -2.19. The van der Waals surface area contributed by atoms with Crippen molar-refractivity contribution in [3.63, 3.8) is 0 Å². The third kappa shape index (κ3) is 3.38. The number of benzene rings is 2. The molecule has 3 N–H and O–H groups in total. The number of fused-ring (bicyclic) bond motifs is 2. The first-order valence-corrected chi connectivity index (χ1v) is 8.75. The monoisotopic (exact) mass is 397 g/mol. The molecule has 2 aromatic carbocycles. The van der Waals surface area contributed by atoms with Gasteiger partial charge in [0.25, 0.3) is 5.91 Å². The molecule has 148 valence electrons. The van der Waals surface area contributed by atoms with Crippen molar-refractivity contribution in [2.24, 2.45) is 0 Å². The fourth-order valence-corrected chi connectivity index (χ4v) is 3.03. The molecule has 4 aromatic rings. The zero-order chi connectivity index (χ0) is 20.7. The van der Waals surface area contributed by atoms with Gasteiger partial charge in [-0.2, -0.15) is 0 Å². The van der Waals surface area contributed by atoms with E-state index in [2.05, 4.69) is 15.3 Å². The topological polar surface area (TPSA) is 117 Å². The molecule has 2 aromatic heterocycles. The van der Waals surface area contributed by atoms with Gasteiger partial charge >= 0.3 is 11.7 Å². The van der Waals surface area contributed by atoms with Gasteiger partial charge in [0.15, 0.2) is 17.5 Å². The number of amides is 1. The maximum atomic E-state index is 13.9. The van der Waals surface area contributed by atoms with Gasteiger partial charge in [0.1, 0.15) is 0 Å². The predicted octanol–water partition coefficient (Wildman–Crippen LogP) is 3.23. The molecule has 0 bridgehead atoms. The number of halogens is 1. The summed E-state index contributed by atoms with van der Waals surface area (Å²) in [6.45, 7) is 3.02. The van der Waals surface area contributed by atoms with Crippen LogP contribution in [0.15, 0.2) is 45.6 Å². The van der Waals surface area contributed by atoms with Gasteiger partial charge in [-0.3, -0.25) is 4.79 Å². The van der Waals surface area contributed by atoms with Gasteiger partial charge < -0.3 is 24.4 Å². The lowest BCUT2D eigenvalue weighted by Gasteiger charge is -2.13. The Morgan fingerprint density at radius 2 is 1.93 bits per heavy atom. The molecule has 8 nitrogen and oxygen atoms in total. The molecule has 0 saturated heterocycles. The van der Waals surface area contributed by atoms with Gasteiger partial charge in [-0.25, -0.2) is 14.0 Å². The van der Waals surface area contributed by atoms with Gasteiger partial charge in [0.05, 0.1) is 11.0 Å². The first-order valence-electron chi connectivity index (χ1n) is 8.75. The number of rotatable bonds is 4. The van der Waals surface area contributed by atoms with Gasteiger partial charge in [0, 0.05) is 16.6 Å². The Morgan fingerprint density at radius 3 is 2.69 bits per heavy atom. The first kappa shape index (κ1) is 18.5. The highest BCUT2D eigenvalue weighted by molar-refractivity contribution is 6.00. The SMILES string of the molecule is Cc1c(C(=O)O[C@@H](C)C(=O)Nc2ccc3[nH]c(=O)[nH]c3c2)oc2c(F)cccc12. The largest absolute Gasteiger partial charge is 0.447 e. The van der Waals surface area contributed by atoms with Crippen LogP contribution in [0.3, 0.4) is 0 Å². The fraction of sp³-hybridized carbons (Fsp3) is 0.150. The summed E-state index contributed by atoms with van der Waals surface area (Å²) in [6, 6.07) is 9.18. The van der Waals surface area contributed by atoms with Crippen molar-refractivity contribution in [3.05, 3.63) is 64.0 Å². The van der Waals surface area contributed by atoms with Crippen LogP contribution in [0, 0.1) is 12.7 Å². The zero-order valence-electron chi connectivity index (χ0n) is 15.5. The summed E-state index contributed by atoms with van der Waals surface area (Å²) < 4.78 is 24.4. The molecule has 1 amide bonds. The minimum atomic E-state index is -1.14. The highest BCUT2D eigenvalue weighted by atomic mass is 19.1. The summed E-state index contributed by atoms with van der Waals surface area (Å²) in [5.41, 5.74) is 1.57. The van der Waals surface area contributed by atoms with E-state index in [0.29, 0.717) is 27.7 Å². The first-order chi connectivity index (χ1) is 13.8. The Hall–Kier alpha value is -3.88. The summed E-state index contributed by atoms with van der Waals surface area (Å²) in [7, 11) is 0. The molecular weight excluding hydrogens is 381 g/mol. The maximum Gasteiger partial charge on any atom is 0.375 e. The second-order valence-electron chi connectivity index (χ2n) is 6.55. The molecule has 0 spiro atoms. The van der Waals surface area contributed by atoms with Crippen molar-refractivity contribution in [2.75, 3.05) is 5.32 Å². The van der Waals surface area contributed by atoms with Crippen molar-refractivity contribution < 1.29 is 23.1 Å². The van der Waals surface area contributed by atoms with E-state index < -0.39 is 23.8 Å². The Balaban J connectivity index is 1.49. The van der Waals surface area contributed by atoms with E-state index in [0.717, 1.165) is 0 Å². The molecule has 0 fully saturated rings. The molecule has 0 aliphatic carbocycles. The van der Waals surface area contributed by atoms with Crippen LogP contribution in [0.25, 0.3) is 22.0 Å². The van der Waals surface area contributed by atoms with Crippen LogP contribution in [0.4, 0.5) is 10.1 Å². The van der Waals surface area contributed by atoms with E-state index in [1.165, 1.54) is 19.1 Å². The van der Waals surface area contributed by atoms with E-state index in [9.17, 15) is 18.8 Å². The molecule has 29 heavy (non-hydrogen) atoms. The molecule has 0 unspecified atom stereocenters. The number of esters is 1. The minimum absolute atomic E-state index is 0.0390. The molecule has 9 heteroatoms. The number of carbonyl (C=O) groups is 2. The van der Waals surface area contributed by atoms with Crippen LogP contribution >= 0.6 is 0 Å². The van der Waals surface area contributed by atoms with E-state index in [4.69, 9.17) is 9.15 Å². The molecule has 4 rings (SSSR count). The van der Waals surface area contributed by atoms with Gasteiger partial charge in [0.2, 0.25) is 5.76 Å². The molecule has 1 atom stereocenters. The number of H-pyrrole nitrogens is 2. The molecule has 0 aliphatic heterocycles. The van der Waals surface area contributed by atoms with Crippen molar-refractivity contribution in [2.45, 2.75) is 20.0 Å². The number of furan rings is 1. The molecule has 0 radical (unpaired) electrons. The molecular formula is C20H16FN3O5. The Morgan fingerprint density at radius 1 is 1.17 bits per heavy atom. The number of hydrogen-bond donors (Lipinski definition) is 3. The summed E-state index contributed by atoms with van der Waals surface area (Å²) in [4.78, 5) is 41.3. The number of ether oxygens (including phenoxy) is 1. The van der Waals surface area contributed by atoms with Gasteiger partial charge in [-0.05, 0) is 38.1 Å². The third-order valence-corrected chi connectivity index (χ3v) is 4.54. The highest BCUT2D eigenvalue weighted by Crippen LogP contribution is 2.28. The Bertz CT molecular complexity index is 1320. The number of aromatic amines is 2. The molecule has 0 aliphatic rings. The lowest BCUT2D eigenvalue weighted by Crippen LogP contribution is -2.30. The number of hydrogen-bond acceptors (Lipinski definition) is 5.